The van der Waals surface area contributed by atoms with E-state index in [0.29, 0.717) is 17.1 Å². The molecule has 2 atom stereocenters. The molecule has 1 aliphatic heterocycles. The van der Waals surface area contributed by atoms with E-state index in [1.54, 1.807) is 23.9 Å². The highest BCUT2D eigenvalue weighted by Gasteiger charge is 2.42. The van der Waals surface area contributed by atoms with Crippen LogP contribution >= 0.6 is 0 Å². The minimum Gasteiger partial charge on any atom is -0.497 e. The van der Waals surface area contributed by atoms with E-state index in [1.807, 2.05) is 80.6 Å². The van der Waals surface area contributed by atoms with Gasteiger partial charge in [0.25, 0.3) is 5.91 Å². The van der Waals surface area contributed by atoms with Gasteiger partial charge in [-0.25, -0.2) is 4.68 Å². The molecule has 0 radical (unpaired) electrons. The van der Waals surface area contributed by atoms with Gasteiger partial charge in [0.05, 0.1) is 18.5 Å². The van der Waals surface area contributed by atoms with Crippen LogP contribution in [0, 0.1) is 13.8 Å². The van der Waals surface area contributed by atoms with Gasteiger partial charge in [0.1, 0.15) is 17.6 Å². The third-order valence-electron chi connectivity index (χ3n) is 6.30. The molecule has 0 saturated carbocycles. The molecule has 2 heterocycles. The molecule has 1 aromatic heterocycles. The van der Waals surface area contributed by atoms with E-state index in [0.717, 1.165) is 28.1 Å². The predicted octanol–water partition coefficient (Wildman–Crippen LogP) is 4.38. The maximum absolute atomic E-state index is 13.5. The second-order valence-corrected chi connectivity index (χ2v) is 8.66. The summed E-state index contributed by atoms with van der Waals surface area (Å²) in [6.07, 6.45) is 0. The number of carbonyl (C=O) groups excluding carboxylic acids is 2. The third kappa shape index (κ3) is 4.17. The Morgan fingerprint density at radius 1 is 1.00 bits per heavy atom. The molecule has 0 saturated heterocycles. The first-order valence-corrected chi connectivity index (χ1v) is 11.4. The quantitative estimate of drug-likeness (QED) is 0.457. The molecule has 5 rings (SSSR count). The molecule has 0 aliphatic carbocycles. The fraction of sp³-hybridized carbons (Fsp3) is 0.179. The molecule has 176 valence electrons. The summed E-state index contributed by atoms with van der Waals surface area (Å²) in [5.74, 6) is 0.209. The van der Waals surface area contributed by atoms with Crippen LogP contribution in [-0.4, -0.2) is 34.7 Å². The normalized spacial score (nSPS) is 16.8. The van der Waals surface area contributed by atoms with Gasteiger partial charge in [-0.1, -0.05) is 48.0 Å². The number of nitrogens with one attached hydrogen (secondary N) is 2. The number of fused-ring (bicyclic) bond motifs is 1. The largest absolute Gasteiger partial charge is 0.497 e. The number of carbonyl (C=O) groups is 2. The van der Waals surface area contributed by atoms with E-state index in [9.17, 15) is 9.59 Å². The third-order valence-corrected chi connectivity index (χ3v) is 6.30. The van der Waals surface area contributed by atoms with Crippen LogP contribution < -0.4 is 15.4 Å². The van der Waals surface area contributed by atoms with Gasteiger partial charge >= 0.3 is 0 Å². The molecule has 2 amide bonds. The van der Waals surface area contributed by atoms with Crippen molar-refractivity contribution < 1.29 is 14.3 Å². The number of aromatic nitrogens is 2. The van der Waals surface area contributed by atoms with Crippen molar-refractivity contribution in [1.82, 2.24) is 15.1 Å². The molecule has 0 fully saturated rings. The lowest BCUT2D eigenvalue weighted by atomic mass is 9.81. The zero-order valence-corrected chi connectivity index (χ0v) is 19.8. The summed E-state index contributed by atoms with van der Waals surface area (Å²) in [5.41, 5.74) is 4.79. The van der Waals surface area contributed by atoms with Crippen LogP contribution in [0.5, 0.6) is 5.75 Å². The number of benzene rings is 3. The van der Waals surface area contributed by atoms with E-state index < -0.39 is 12.0 Å². The number of rotatable bonds is 5. The number of hydrogen-bond acceptors (Lipinski definition) is 4. The van der Waals surface area contributed by atoms with E-state index in [2.05, 4.69) is 10.6 Å². The van der Waals surface area contributed by atoms with Crippen molar-refractivity contribution >= 4 is 17.6 Å². The minimum absolute atomic E-state index is 0.302. The molecule has 35 heavy (non-hydrogen) atoms. The SMILES string of the molecule is COc1cccc([C@@H]2c3c(C)nn(-c4ccccc4)c3NC(=O)[C@H]2NC(=O)c2cccc(C)c2)c1. The number of para-hydroxylation sites is 1. The van der Waals surface area contributed by atoms with Crippen LogP contribution in [0.2, 0.25) is 0 Å². The summed E-state index contributed by atoms with van der Waals surface area (Å²) >= 11 is 0. The summed E-state index contributed by atoms with van der Waals surface area (Å²) in [4.78, 5) is 26.7. The average Bonchev–Trinajstić information content (AvgIpc) is 3.20. The lowest BCUT2D eigenvalue weighted by molar-refractivity contribution is -0.118. The monoisotopic (exact) mass is 466 g/mol. The standard InChI is InChI=1S/C28H26N4O3/c1-17-9-7-11-20(15-17)27(33)29-25-24(19-10-8-14-22(16-19)35-3)23-18(2)31-32(26(23)30-28(25)34)21-12-5-4-6-13-21/h4-16,24-25H,1-3H3,(H,29,33)(H,30,34)/t24-,25+/m1/s1. The van der Waals surface area contributed by atoms with Crippen molar-refractivity contribution in [2.24, 2.45) is 0 Å². The highest BCUT2D eigenvalue weighted by Crippen LogP contribution is 2.41. The Labute approximate surface area is 203 Å². The highest BCUT2D eigenvalue weighted by molar-refractivity contribution is 6.04. The van der Waals surface area contributed by atoms with Gasteiger partial charge in [0.15, 0.2) is 0 Å². The van der Waals surface area contributed by atoms with Gasteiger partial charge in [-0.3, -0.25) is 9.59 Å². The Bertz CT molecular complexity index is 1410. The van der Waals surface area contributed by atoms with Gasteiger partial charge in [0.2, 0.25) is 5.91 Å². The average molecular weight is 467 g/mol. The number of ether oxygens (including phenoxy) is 1. The van der Waals surface area contributed by atoms with Gasteiger partial charge in [-0.15, -0.1) is 0 Å². The lowest BCUT2D eigenvalue weighted by Crippen LogP contribution is -2.50. The molecule has 1 aliphatic rings. The molecule has 0 spiro atoms. The Kier molecular flexibility index (Phi) is 5.82. The fourth-order valence-electron chi connectivity index (χ4n) is 4.65. The van der Waals surface area contributed by atoms with Crippen LogP contribution in [0.1, 0.15) is 38.7 Å². The zero-order chi connectivity index (χ0) is 24.5. The molecule has 7 heteroatoms. The fourth-order valence-corrected chi connectivity index (χ4v) is 4.65. The summed E-state index contributed by atoms with van der Waals surface area (Å²) in [6, 6.07) is 23.7. The van der Waals surface area contributed by atoms with Gasteiger partial charge in [0, 0.05) is 17.0 Å². The summed E-state index contributed by atoms with van der Waals surface area (Å²) in [5, 5.41) is 10.8. The molecule has 0 bridgehead atoms. The first-order chi connectivity index (χ1) is 17.0. The minimum atomic E-state index is -0.838. The lowest BCUT2D eigenvalue weighted by Gasteiger charge is -2.33. The molecule has 2 N–H and O–H groups in total. The molecule has 3 aromatic carbocycles. The number of aryl methyl sites for hydroxylation is 2. The van der Waals surface area contributed by atoms with Gasteiger partial charge in [-0.2, -0.15) is 5.10 Å². The number of anilines is 1. The first kappa shape index (κ1) is 22.4. The van der Waals surface area contributed by atoms with E-state index in [-0.39, 0.29) is 11.8 Å². The van der Waals surface area contributed by atoms with E-state index in [1.165, 1.54) is 0 Å². The van der Waals surface area contributed by atoms with E-state index >= 15 is 0 Å². The van der Waals surface area contributed by atoms with Crippen molar-refractivity contribution in [3.05, 3.63) is 107 Å². The van der Waals surface area contributed by atoms with Crippen molar-refractivity contribution in [1.29, 1.82) is 0 Å². The Balaban J connectivity index is 1.63. The van der Waals surface area contributed by atoms with Crippen LogP contribution in [0.25, 0.3) is 5.69 Å². The summed E-state index contributed by atoms with van der Waals surface area (Å²) in [6.45, 7) is 3.85. The number of nitrogens with zero attached hydrogens (tertiary/aromatic N) is 2. The number of hydrogen-bond donors (Lipinski definition) is 2. The highest BCUT2D eigenvalue weighted by atomic mass is 16.5. The molecule has 0 unspecified atom stereocenters. The second kappa shape index (κ2) is 9.10. The van der Waals surface area contributed by atoms with Gasteiger partial charge < -0.3 is 15.4 Å². The van der Waals surface area contributed by atoms with Crippen molar-refractivity contribution in [2.75, 3.05) is 12.4 Å². The Morgan fingerprint density at radius 2 is 1.77 bits per heavy atom. The molecular formula is C28H26N4O3. The predicted molar refractivity (Wildman–Crippen MR) is 134 cm³/mol. The summed E-state index contributed by atoms with van der Waals surface area (Å²) in [7, 11) is 1.60. The van der Waals surface area contributed by atoms with Crippen LogP contribution in [0.15, 0.2) is 78.9 Å². The number of amides is 2. The van der Waals surface area contributed by atoms with E-state index in [4.69, 9.17) is 9.84 Å². The van der Waals surface area contributed by atoms with Gasteiger partial charge in [-0.05, 0) is 55.8 Å². The smallest absolute Gasteiger partial charge is 0.251 e. The Morgan fingerprint density at radius 3 is 2.51 bits per heavy atom. The summed E-state index contributed by atoms with van der Waals surface area (Å²) < 4.78 is 7.20. The molecular weight excluding hydrogens is 440 g/mol. The maximum Gasteiger partial charge on any atom is 0.251 e. The van der Waals surface area contributed by atoms with Crippen molar-refractivity contribution in [2.45, 2.75) is 25.8 Å². The first-order valence-electron chi connectivity index (χ1n) is 11.4. The Hall–Kier alpha value is -4.39. The van der Waals surface area contributed by atoms with Crippen LogP contribution in [0.4, 0.5) is 5.82 Å². The zero-order valence-electron chi connectivity index (χ0n) is 19.8. The van der Waals surface area contributed by atoms with Crippen molar-refractivity contribution in [3.63, 3.8) is 0 Å². The second-order valence-electron chi connectivity index (χ2n) is 8.66. The van der Waals surface area contributed by atoms with Crippen molar-refractivity contribution in [3.8, 4) is 11.4 Å². The number of methoxy groups -OCH3 is 1. The topological polar surface area (TPSA) is 85.2 Å². The van der Waals surface area contributed by atoms with Crippen LogP contribution in [0.3, 0.4) is 0 Å². The molecule has 7 nitrogen and oxygen atoms in total. The van der Waals surface area contributed by atoms with Crippen LogP contribution in [-0.2, 0) is 4.79 Å². The molecule has 4 aromatic rings. The maximum atomic E-state index is 13.5.